The van der Waals surface area contributed by atoms with Crippen LogP contribution in [0.3, 0.4) is 0 Å². The van der Waals surface area contributed by atoms with E-state index in [1.165, 1.54) is 6.07 Å². The van der Waals surface area contributed by atoms with E-state index in [9.17, 15) is 5.11 Å². The Morgan fingerprint density at radius 3 is 2.89 bits per heavy atom. The van der Waals surface area contributed by atoms with Crippen molar-refractivity contribution in [1.82, 2.24) is 14.9 Å². The van der Waals surface area contributed by atoms with Gasteiger partial charge >= 0.3 is 0 Å². The lowest BCUT2D eigenvalue weighted by Crippen LogP contribution is -2.19. The summed E-state index contributed by atoms with van der Waals surface area (Å²) in [7, 11) is 0. The van der Waals surface area contributed by atoms with E-state index in [1.807, 2.05) is 10.8 Å². The van der Waals surface area contributed by atoms with Gasteiger partial charge < -0.3 is 15.0 Å². The predicted octanol–water partition coefficient (Wildman–Crippen LogP) is 2.69. The van der Waals surface area contributed by atoms with E-state index in [0.717, 1.165) is 13.1 Å². The normalized spacial score (nSPS) is 10.8. The third-order valence-corrected chi connectivity index (χ3v) is 3.03. The van der Waals surface area contributed by atoms with Crippen LogP contribution in [0.1, 0.15) is 5.56 Å². The van der Waals surface area contributed by atoms with Crippen LogP contribution in [-0.2, 0) is 13.1 Å². The van der Waals surface area contributed by atoms with Crippen LogP contribution in [0, 0.1) is 0 Å². The maximum atomic E-state index is 9.76. The van der Waals surface area contributed by atoms with Gasteiger partial charge in [0.15, 0.2) is 0 Å². The molecule has 1 aromatic heterocycles. The van der Waals surface area contributed by atoms with Crippen molar-refractivity contribution in [3.63, 3.8) is 0 Å². The molecule has 1 aromatic carbocycles. The summed E-state index contributed by atoms with van der Waals surface area (Å²) < 4.78 is 1.97. The second kappa shape index (κ2) is 6.09. The second-order valence-electron chi connectivity index (χ2n) is 3.87. The molecule has 0 unspecified atom stereocenters. The van der Waals surface area contributed by atoms with Crippen molar-refractivity contribution < 1.29 is 5.11 Å². The number of aromatic hydroxyl groups is 1. The van der Waals surface area contributed by atoms with Gasteiger partial charge in [0.25, 0.3) is 0 Å². The third kappa shape index (κ3) is 3.38. The lowest BCUT2D eigenvalue weighted by atomic mass is 10.2. The molecule has 0 spiro atoms. The minimum absolute atomic E-state index is 0.0798. The molecule has 2 N–H and O–H groups in total. The van der Waals surface area contributed by atoms with Gasteiger partial charge in [-0.2, -0.15) is 0 Å². The van der Waals surface area contributed by atoms with Gasteiger partial charge in [-0.3, -0.25) is 0 Å². The highest BCUT2D eigenvalue weighted by Gasteiger charge is 2.07. The minimum atomic E-state index is 0.0798. The molecule has 0 aliphatic rings. The smallest absolute Gasteiger partial charge is 0.138 e. The summed E-state index contributed by atoms with van der Waals surface area (Å²) in [5, 5.41) is 13.8. The second-order valence-corrected chi connectivity index (χ2v) is 4.72. The zero-order valence-electron chi connectivity index (χ0n) is 9.61. The molecule has 0 amide bonds. The van der Waals surface area contributed by atoms with Crippen molar-refractivity contribution in [3.05, 3.63) is 46.5 Å². The third-order valence-electron chi connectivity index (χ3n) is 2.53. The number of rotatable bonds is 5. The molecule has 0 saturated heterocycles. The maximum absolute atomic E-state index is 9.76. The first-order valence-electron chi connectivity index (χ1n) is 5.50. The Morgan fingerprint density at radius 1 is 1.33 bits per heavy atom. The summed E-state index contributed by atoms with van der Waals surface area (Å²) in [5.41, 5.74) is 0.693. The highest BCUT2D eigenvalue weighted by molar-refractivity contribution is 6.35. The van der Waals surface area contributed by atoms with E-state index < -0.39 is 0 Å². The van der Waals surface area contributed by atoms with E-state index in [4.69, 9.17) is 23.2 Å². The molecule has 6 heteroatoms. The number of phenols is 1. The SMILES string of the molecule is Oc1c(Cl)cc(Cl)cc1CNCCn1ccnc1. The first-order valence-corrected chi connectivity index (χ1v) is 6.26. The summed E-state index contributed by atoms with van der Waals surface area (Å²) >= 11 is 11.7. The predicted molar refractivity (Wildman–Crippen MR) is 72.1 cm³/mol. The number of nitrogens with zero attached hydrogens (tertiary/aromatic N) is 2. The van der Waals surface area contributed by atoms with Gasteiger partial charge in [0.05, 0.1) is 11.3 Å². The van der Waals surface area contributed by atoms with E-state index >= 15 is 0 Å². The van der Waals surface area contributed by atoms with Crippen LogP contribution in [0.4, 0.5) is 0 Å². The van der Waals surface area contributed by atoms with Gasteiger partial charge in [-0.25, -0.2) is 4.98 Å². The van der Waals surface area contributed by atoms with Gasteiger partial charge in [-0.05, 0) is 12.1 Å². The van der Waals surface area contributed by atoms with Gasteiger partial charge in [0.2, 0.25) is 0 Å². The van der Waals surface area contributed by atoms with Crippen molar-refractivity contribution in [1.29, 1.82) is 0 Å². The first-order chi connectivity index (χ1) is 8.66. The number of hydrogen-bond donors (Lipinski definition) is 2. The molecule has 2 rings (SSSR count). The maximum Gasteiger partial charge on any atom is 0.138 e. The Morgan fingerprint density at radius 2 is 2.17 bits per heavy atom. The van der Waals surface area contributed by atoms with Crippen molar-refractivity contribution in [2.45, 2.75) is 13.1 Å². The first kappa shape index (κ1) is 13.2. The van der Waals surface area contributed by atoms with Crippen LogP contribution in [0.5, 0.6) is 5.75 Å². The average Bonchev–Trinajstić information content (AvgIpc) is 2.83. The van der Waals surface area contributed by atoms with Gasteiger partial charge in [-0.15, -0.1) is 0 Å². The Labute approximate surface area is 115 Å². The monoisotopic (exact) mass is 285 g/mol. The van der Waals surface area contributed by atoms with E-state index in [1.54, 1.807) is 18.6 Å². The molecule has 1 heterocycles. The Bertz CT molecular complexity index is 514. The standard InChI is InChI=1S/C12H13Cl2N3O/c13-10-5-9(12(18)11(14)6-10)7-15-1-3-17-4-2-16-8-17/h2,4-6,8,15,18H,1,3,7H2. The Hall–Kier alpha value is -1.23. The van der Waals surface area contributed by atoms with Crippen LogP contribution >= 0.6 is 23.2 Å². The summed E-state index contributed by atoms with van der Waals surface area (Å²) in [5.74, 6) is 0.0798. The Kier molecular flexibility index (Phi) is 4.47. The number of benzene rings is 1. The van der Waals surface area contributed by atoms with Crippen LogP contribution < -0.4 is 5.32 Å². The molecule has 0 aliphatic heterocycles. The average molecular weight is 286 g/mol. The lowest BCUT2D eigenvalue weighted by Gasteiger charge is -2.09. The van der Waals surface area contributed by atoms with Crippen LogP contribution in [0.2, 0.25) is 10.0 Å². The quantitative estimate of drug-likeness (QED) is 0.831. The lowest BCUT2D eigenvalue weighted by molar-refractivity contribution is 0.463. The van der Waals surface area contributed by atoms with Crippen molar-refractivity contribution in [2.75, 3.05) is 6.54 Å². The molecule has 4 nitrogen and oxygen atoms in total. The molecule has 0 fully saturated rings. The fraction of sp³-hybridized carbons (Fsp3) is 0.250. The zero-order valence-corrected chi connectivity index (χ0v) is 11.1. The number of halogens is 2. The zero-order chi connectivity index (χ0) is 13.0. The summed E-state index contributed by atoms with van der Waals surface area (Å²) in [6, 6.07) is 3.22. The van der Waals surface area contributed by atoms with Gasteiger partial charge in [0.1, 0.15) is 5.75 Å². The summed E-state index contributed by atoms with van der Waals surface area (Å²) in [6.45, 7) is 2.09. The molecular formula is C12H13Cl2N3O. The molecule has 96 valence electrons. The number of aromatic nitrogens is 2. The van der Waals surface area contributed by atoms with E-state index in [-0.39, 0.29) is 10.8 Å². The largest absolute Gasteiger partial charge is 0.506 e. The number of hydrogen-bond acceptors (Lipinski definition) is 3. The minimum Gasteiger partial charge on any atom is -0.506 e. The number of imidazole rings is 1. The fourth-order valence-corrected chi connectivity index (χ4v) is 2.14. The van der Waals surface area contributed by atoms with Crippen LogP contribution in [0.25, 0.3) is 0 Å². The van der Waals surface area contributed by atoms with E-state index in [0.29, 0.717) is 17.1 Å². The van der Waals surface area contributed by atoms with Crippen molar-refractivity contribution in [3.8, 4) is 5.75 Å². The van der Waals surface area contributed by atoms with Crippen LogP contribution in [0.15, 0.2) is 30.9 Å². The molecule has 0 saturated carbocycles. The van der Waals surface area contributed by atoms with Gasteiger partial charge in [0, 0.05) is 42.6 Å². The Balaban J connectivity index is 1.86. The number of nitrogens with one attached hydrogen (secondary N) is 1. The molecular weight excluding hydrogens is 273 g/mol. The molecule has 0 aliphatic carbocycles. The summed E-state index contributed by atoms with van der Waals surface area (Å²) in [6.07, 6.45) is 5.40. The molecule has 18 heavy (non-hydrogen) atoms. The van der Waals surface area contributed by atoms with E-state index in [2.05, 4.69) is 10.3 Å². The van der Waals surface area contributed by atoms with Crippen molar-refractivity contribution in [2.24, 2.45) is 0 Å². The molecule has 0 atom stereocenters. The van der Waals surface area contributed by atoms with Crippen LogP contribution in [-0.4, -0.2) is 21.2 Å². The molecule has 0 bridgehead atoms. The molecule has 2 aromatic rings. The summed E-state index contributed by atoms with van der Waals surface area (Å²) in [4.78, 5) is 3.96. The topological polar surface area (TPSA) is 50.1 Å². The highest BCUT2D eigenvalue weighted by atomic mass is 35.5. The fourth-order valence-electron chi connectivity index (χ4n) is 1.60. The molecule has 0 radical (unpaired) electrons. The van der Waals surface area contributed by atoms with Gasteiger partial charge in [-0.1, -0.05) is 23.2 Å². The highest BCUT2D eigenvalue weighted by Crippen LogP contribution is 2.30. The van der Waals surface area contributed by atoms with Crippen molar-refractivity contribution >= 4 is 23.2 Å². The number of phenolic OH excluding ortho intramolecular Hbond substituents is 1.